The topological polar surface area (TPSA) is 62.3 Å². The lowest BCUT2D eigenvalue weighted by molar-refractivity contribution is 0.0276. The zero-order chi connectivity index (χ0) is 12.3. The molecule has 17 heavy (non-hydrogen) atoms. The summed E-state index contributed by atoms with van der Waals surface area (Å²) in [7, 11) is 0. The Bertz CT molecular complexity index is 425. The molecule has 0 bridgehead atoms. The van der Waals surface area contributed by atoms with Gasteiger partial charge in [0, 0.05) is 24.8 Å². The molecule has 0 radical (unpaired) electrons. The molecule has 4 nitrogen and oxygen atoms in total. The van der Waals surface area contributed by atoms with Crippen LogP contribution in [0.1, 0.15) is 12.5 Å². The number of rotatable bonds is 2. The summed E-state index contributed by atoms with van der Waals surface area (Å²) in [4.78, 5) is 2.22. The Morgan fingerprint density at radius 3 is 3.12 bits per heavy atom. The van der Waals surface area contributed by atoms with Gasteiger partial charge in [-0.25, -0.2) is 0 Å². The van der Waals surface area contributed by atoms with Crippen LogP contribution in [-0.2, 0) is 4.74 Å². The van der Waals surface area contributed by atoms with E-state index in [9.17, 15) is 0 Å². The predicted molar refractivity (Wildman–Crippen MR) is 66.8 cm³/mol. The number of nitriles is 1. The highest BCUT2D eigenvalue weighted by atomic mass is 16.5. The lowest BCUT2D eigenvalue weighted by Crippen LogP contribution is -2.49. The van der Waals surface area contributed by atoms with Crippen molar-refractivity contribution < 1.29 is 4.74 Å². The second-order valence-electron chi connectivity index (χ2n) is 4.38. The molecule has 1 aromatic rings. The van der Waals surface area contributed by atoms with E-state index in [1.54, 1.807) is 0 Å². The summed E-state index contributed by atoms with van der Waals surface area (Å²) in [6.45, 7) is 4.27. The summed E-state index contributed by atoms with van der Waals surface area (Å²) in [5.74, 6) is 0. The third-order valence-corrected chi connectivity index (χ3v) is 3.02. The molecule has 0 saturated carbocycles. The van der Waals surface area contributed by atoms with E-state index in [1.807, 2.05) is 31.2 Å². The maximum absolute atomic E-state index is 8.89. The first-order valence-corrected chi connectivity index (χ1v) is 5.83. The molecular formula is C13H17N3O. The quantitative estimate of drug-likeness (QED) is 0.828. The zero-order valence-electron chi connectivity index (χ0n) is 9.97. The molecule has 1 saturated heterocycles. The SMILES string of the molecule is CC(N)C1CN(c2cccc(C#N)c2)CCO1. The van der Waals surface area contributed by atoms with Crippen molar-refractivity contribution in [2.75, 3.05) is 24.6 Å². The van der Waals surface area contributed by atoms with Crippen molar-refractivity contribution in [3.63, 3.8) is 0 Å². The lowest BCUT2D eigenvalue weighted by Gasteiger charge is -2.36. The van der Waals surface area contributed by atoms with Gasteiger partial charge in [0.1, 0.15) is 0 Å². The fourth-order valence-electron chi connectivity index (χ4n) is 2.00. The van der Waals surface area contributed by atoms with Gasteiger partial charge in [-0.1, -0.05) is 6.07 Å². The predicted octanol–water partition coefficient (Wildman–Crippen LogP) is 1.11. The molecule has 1 fully saturated rings. The molecule has 0 aliphatic carbocycles. The van der Waals surface area contributed by atoms with Crippen LogP contribution in [0.4, 0.5) is 5.69 Å². The number of hydrogen-bond acceptors (Lipinski definition) is 4. The number of ether oxygens (including phenoxy) is 1. The Hall–Kier alpha value is -1.57. The van der Waals surface area contributed by atoms with Gasteiger partial charge >= 0.3 is 0 Å². The van der Waals surface area contributed by atoms with Crippen molar-refractivity contribution in [2.24, 2.45) is 5.73 Å². The number of hydrogen-bond donors (Lipinski definition) is 1. The maximum Gasteiger partial charge on any atom is 0.0992 e. The molecule has 2 N–H and O–H groups in total. The minimum absolute atomic E-state index is 0.0250. The first-order valence-electron chi connectivity index (χ1n) is 5.83. The van der Waals surface area contributed by atoms with Crippen molar-refractivity contribution in [2.45, 2.75) is 19.1 Å². The summed E-state index contributed by atoms with van der Waals surface area (Å²) in [5, 5.41) is 8.89. The summed E-state index contributed by atoms with van der Waals surface area (Å²) in [6, 6.07) is 9.83. The summed E-state index contributed by atoms with van der Waals surface area (Å²) < 4.78 is 5.62. The van der Waals surface area contributed by atoms with Gasteiger partial charge in [0.15, 0.2) is 0 Å². The standard InChI is InChI=1S/C13H17N3O/c1-10(15)13-9-16(5-6-17-13)12-4-2-3-11(7-12)8-14/h2-4,7,10,13H,5-6,9,15H2,1H3. The Balaban J connectivity index is 2.13. The van der Waals surface area contributed by atoms with Gasteiger partial charge in [0.25, 0.3) is 0 Å². The Morgan fingerprint density at radius 1 is 1.59 bits per heavy atom. The van der Waals surface area contributed by atoms with Gasteiger partial charge < -0.3 is 15.4 Å². The monoisotopic (exact) mass is 231 g/mol. The van der Waals surface area contributed by atoms with Crippen LogP contribution in [0.5, 0.6) is 0 Å². The van der Waals surface area contributed by atoms with Crippen molar-refractivity contribution in [3.05, 3.63) is 29.8 Å². The third kappa shape index (κ3) is 2.76. The number of benzene rings is 1. The molecular weight excluding hydrogens is 214 g/mol. The van der Waals surface area contributed by atoms with Crippen molar-refractivity contribution in [1.82, 2.24) is 0 Å². The van der Waals surface area contributed by atoms with Crippen LogP contribution in [0, 0.1) is 11.3 Å². The maximum atomic E-state index is 8.89. The Labute approximate surface area is 102 Å². The smallest absolute Gasteiger partial charge is 0.0992 e. The largest absolute Gasteiger partial charge is 0.373 e. The first-order chi connectivity index (χ1) is 8.20. The van der Waals surface area contributed by atoms with E-state index in [-0.39, 0.29) is 12.1 Å². The van der Waals surface area contributed by atoms with E-state index in [0.29, 0.717) is 12.2 Å². The van der Waals surface area contributed by atoms with E-state index >= 15 is 0 Å². The van der Waals surface area contributed by atoms with Crippen LogP contribution in [0.2, 0.25) is 0 Å². The molecule has 0 amide bonds. The normalized spacial score (nSPS) is 21.9. The molecule has 1 aromatic carbocycles. The highest BCUT2D eigenvalue weighted by Crippen LogP contribution is 2.19. The van der Waals surface area contributed by atoms with Crippen LogP contribution >= 0.6 is 0 Å². The molecule has 0 spiro atoms. The van der Waals surface area contributed by atoms with Crippen LogP contribution < -0.4 is 10.6 Å². The van der Waals surface area contributed by atoms with Crippen molar-refractivity contribution in [1.29, 1.82) is 5.26 Å². The molecule has 2 rings (SSSR count). The average Bonchev–Trinajstić information content (AvgIpc) is 2.39. The summed E-state index contributed by atoms with van der Waals surface area (Å²) in [5.41, 5.74) is 7.61. The van der Waals surface area contributed by atoms with Gasteiger partial charge in [-0.3, -0.25) is 0 Å². The molecule has 4 heteroatoms. The fraction of sp³-hybridized carbons (Fsp3) is 0.462. The number of nitrogens with zero attached hydrogens (tertiary/aromatic N) is 2. The second-order valence-corrected chi connectivity index (χ2v) is 4.38. The number of anilines is 1. The number of nitrogens with two attached hydrogens (primary N) is 1. The molecule has 90 valence electrons. The lowest BCUT2D eigenvalue weighted by atomic mass is 10.1. The highest BCUT2D eigenvalue weighted by molar-refractivity contribution is 5.51. The van der Waals surface area contributed by atoms with E-state index in [4.69, 9.17) is 15.7 Å². The molecule has 1 aliphatic heterocycles. The zero-order valence-corrected chi connectivity index (χ0v) is 9.97. The van der Waals surface area contributed by atoms with Gasteiger partial charge in [-0.05, 0) is 25.1 Å². The van der Waals surface area contributed by atoms with Crippen LogP contribution in [0.15, 0.2) is 24.3 Å². The Morgan fingerprint density at radius 2 is 2.41 bits per heavy atom. The fourth-order valence-corrected chi connectivity index (χ4v) is 2.00. The van der Waals surface area contributed by atoms with E-state index < -0.39 is 0 Å². The third-order valence-electron chi connectivity index (χ3n) is 3.02. The Kier molecular flexibility index (Phi) is 3.62. The molecule has 2 atom stereocenters. The number of morpholine rings is 1. The molecule has 0 aromatic heterocycles. The average molecular weight is 231 g/mol. The first kappa shape index (κ1) is 11.9. The minimum Gasteiger partial charge on any atom is -0.373 e. The van der Waals surface area contributed by atoms with Crippen LogP contribution in [0.25, 0.3) is 0 Å². The van der Waals surface area contributed by atoms with Gasteiger partial charge in [-0.15, -0.1) is 0 Å². The van der Waals surface area contributed by atoms with Crippen molar-refractivity contribution >= 4 is 5.69 Å². The highest BCUT2D eigenvalue weighted by Gasteiger charge is 2.23. The summed E-state index contributed by atoms with van der Waals surface area (Å²) >= 11 is 0. The van der Waals surface area contributed by atoms with Gasteiger partial charge in [0.05, 0.1) is 24.3 Å². The van der Waals surface area contributed by atoms with Crippen LogP contribution in [0.3, 0.4) is 0 Å². The van der Waals surface area contributed by atoms with Gasteiger partial charge in [-0.2, -0.15) is 5.26 Å². The molecule has 1 aliphatic rings. The van der Waals surface area contributed by atoms with Crippen LogP contribution in [-0.4, -0.2) is 31.8 Å². The van der Waals surface area contributed by atoms with Crippen molar-refractivity contribution in [3.8, 4) is 6.07 Å². The minimum atomic E-state index is 0.0250. The van der Waals surface area contributed by atoms with E-state index in [2.05, 4.69) is 11.0 Å². The second kappa shape index (κ2) is 5.17. The summed E-state index contributed by atoms with van der Waals surface area (Å²) in [6.07, 6.45) is 0.0643. The van der Waals surface area contributed by atoms with E-state index in [0.717, 1.165) is 18.8 Å². The molecule has 2 unspecified atom stereocenters. The van der Waals surface area contributed by atoms with E-state index in [1.165, 1.54) is 0 Å². The molecule has 1 heterocycles. The van der Waals surface area contributed by atoms with Gasteiger partial charge in [0.2, 0.25) is 0 Å².